The zero-order valence-corrected chi connectivity index (χ0v) is 21.6. The van der Waals surface area contributed by atoms with E-state index in [2.05, 4.69) is 10.0 Å². The predicted octanol–water partition coefficient (Wildman–Crippen LogP) is 6.16. The van der Waals surface area contributed by atoms with E-state index >= 15 is 0 Å². The first-order valence-corrected chi connectivity index (χ1v) is 13.3. The number of amides is 1. The maximum atomic E-state index is 14.1. The van der Waals surface area contributed by atoms with Crippen molar-refractivity contribution in [2.24, 2.45) is 0 Å². The molecule has 0 fully saturated rings. The van der Waals surface area contributed by atoms with Crippen molar-refractivity contribution in [1.29, 1.82) is 0 Å². The van der Waals surface area contributed by atoms with E-state index in [-0.39, 0.29) is 44.8 Å². The van der Waals surface area contributed by atoms with Crippen LogP contribution in [0.2, 0.25) is 5.02 Å². The van der Waals surface area contributed by atoms with Crippen molar-refractivity contribution in [2.75, 3.05) is 16.6 Å². The second-order valence-electron chi connectivity index (χ2n) is 8.02. The summed E-state index contributed by atoms with van der Waals surface area (Å²) in [4.78, 5) is 25.6. The molecule has 194 valence electrons. The first-order valence-electron chi connectivity index (χ1n) is 11.4. The van der Waals surface area contributed by atoms with Crippen LogP contribution in [-0.2, 0) is 10.0 Å². The topological polar surface area (TPSA) is 102 Å². The molecular formula is C28H22ClFN2O5S. The molecule has 1 amide bonds. The Bertz CT molecular complexity index is 1610. The lowest BCUT2D eigenvalue weighted by atomic mass is 10.0. The van der Waals surface area contributed by atoms with Crippen LogP contribution in [0, 0.1) is 5.82 Å². The second-order valence-corrected chi connectivity index (χ2v) is 10.1. The van der Waals surface area contributed by atoms with E-state index in [4.69, 9.17) is 16.3 Å². The molecular weight excluding hydrogens is 531 g/mol. The molecule has 0 bridgehead atoms. The number of ether oxygens (including phenoxy) is 1. The van der Waals surface area contributed by atoms with Crippen molar-refractivity contribution >= 4 is 44.7 Å². The monoisotopic (exact) mass is 552 g/mol. The van der Waals surface area contributed by atoms with Gasteiger partial charge in [0.15, 0.2) is 5.78 Å². The molecule has 0 aliphatic heterocycles. The summed E-state index contributed by atoms with van der Waals surface area (Å²) in [6.07, 6.45) is 0. The van der Waals surface area contributed by atoms with E-state index < -0.39 is 27.5 Å². The van der Waals surface area contributed by atoms with Crippen LogP contribution in [0.4, 0.5) is 15.8 Å². The van der Waals surface area contributed by atoms with Gasteiger partial charge in [0.2, 0.25) is 0 Å². The van der Waals surface area contributed by atoms with E-state index in [1.54, 1.807) is 37.3 Å². The van der Waals surface area contributed by atoms with Crippen LogP contribution in [0.1, 0.15) is 33.2 Å². The van der Waals surface area contributed by atoms with Gasteiger partial charge in [-0.05, 0) is 55.5 Å². The molecule has 0 aliphatic rings. The summed E-state index contributed by atoms with van der Waals surface area (Å²) in [5, 5.41) is 2.78. The van der Waals surface area contributed by atoms with Gasteiger partial charge in [-0.25, -0.2) is 12.8 Å². The van der Waals surface area contributed by atoms with Gasteiger partial charge < -0.3 is 10.1 Å². The van der Waals surface area contributed by atoms with E-state index in [0.29, 0.717) is 5.56 Å². The Kier molecular flexibility index (Phi) is 8.09. The van der Waals surface area contributed by atoms with Gasteiger partial charge >= 0.3 is 0 Å². The highest BCUT2D eigenvalue weighted by molar-refractivity contribution is 7.92. The predicted molar refractivity (Wildman–Crippen MR) is 144 cm³/mol. The quantitative estimate of drug-likeness (QED) is 0.242. The Morgan fingerprint density at radius 2 is 1.58 bits per heavy atom. The first-order chi connectivity index (χ1) is 18.2. The van der Waals surface area contributed by atoms with Crippen LogP contribution < -0.4 is 14.8 Å². The van der Waals surface area contributed by atoms with Gasteiger partial charge in [0, 0.05) is 16.1 Å². The van der Waals surface area contributed by atoms with Crippen molar-refractivity contribution in [2.45, 2.75) is 11.8 Å². The highest BCUT2D eigenvalue weighted by Gasteiger charge is 2.22. The van der Waals surface area contributed by atoms with Crippen molar-refractivity contribution in [3.05, 3.63) is 119 Å². The number of halogens is 2. The molecule has 4 aromatic rings. The largest absolute Gasteiger partial charge is 0.492 e. The zero-order valence-electron chi connectivity index (χ0n) is 20.1. The van der Waals surface area contributed by atoms with E-state index in [0.717, 1.165) is 6.07 Å². The van der Waals surface area contributed by atoms with Crippen molar-refractivity contribution < 1.29 is 27.1 Å². The summed E-state index contributed by atoms with van der Waals surface area (Å²) in [7, 11) is -4.25. The minimum atomic E-state index is -4.25. The third-order valence-corrected chi connectivity index (χ3v) is 7.03. The van der Waals surface area contributed by atoms with E-state index in [1.807, 2.05) is 0 Å². The number of nitrogens with one attached hydrogen (secondary N) is 2. The second kappa shape index (κ2) is 11.5. The summed E-state index contributed by atoms with van der Waals surface area (Å²) in [6.45, 7) is 1.96. The van der Waals surface area contributed by atoms with Crippen LogP contribution in [0.3, 0.4) is 0 Å². The van der Waals surface area contributed by atoms with Crippen LogP contribution >= 0.6 is 11.6 Å². The molecule has 10 heteroatoms. The number of carbonyl (C=O) groups is 2. The van der Waals surface area contributed by atoms with Crippen LogP contribution in [0.15, 0.2) is 95.9 Å². The molecule has 0 spiro atoms. The minimum absolute atomic E-state index is 0.0223. The fourth-order valence-electron chi connectivity index (χ4n) is 3.63. The van der Waals surface area contributed by atoms with Crippen molar-refractivity contribution in [3.8, 4) is 5.75 Å². The number of benzene rings is 4. The molecule has 38 heavy (non-hydrogen) atoms. The van der Waals surface area contributed by atoms with E-state index in [1.165, 1.54) is 54.6 Å². The number of ketones is 1. The molecule has 0 aliphatic carbocycles. The first kappa shape index (κ1) is 26.8. The van der Waals surface area contributed by atoms with Gasteiger partial charge in [-0.1, -0.05) is 54.1 Å². The molecule has 0 aromatic heterocycles. The number of carbonyl (C=O) groups excluding carboxylic acids is 2. The Hall–Kier alpha value is -4.21. The molecule has 0 saturated carbocycles. The SMILES string of the molecule is CCOc1ccc(S(=O)(=O)Nc2ccc(Cl)cc2C(=O)c2ccccc2)cc1NC(=O)c1ccccc1F. The zero-order chi connectivity index (χ0) is 27.3. The van der Waals surface area contributed by atoms with Gasteiger partial charge in [-0.2, -0.15) is 0 Å². The minimum Gasteiger partial charge on any atom is -0.492 e. The van der Waals surface area contributed by atoms with E-state index in [9.17, 15) is 22.4 Å². The van der Waals surface area contributed by atoms with Gasteiger partial charge in [0.25, 0.3) is 15.9 Å². The van der Waals surface area contributed by atoms with Gasteiger partial charge in [-0.3, -0.25) is 14.3 Å². The number of sulfonamides is 1. The van der Waals surface area contributed by atoms with Gasteiger partial charge in [0.1, 0.15) is 11.6 Å². The molecule has 2 N–H and O–H groups in total. The summed E-state index contributed by atoms with van der Waals surface area (Å²) < 4.78 is 48.8. The molecule has 0 heterocycles. The fraction of sp³-hybridized carbons (Fsp3) is 0.0714. The smallest absolute Gasteiger partial charge is 0.261 e. The molecule has 0 unspecified atom stereocenters. The van der Waals surface area contributed by atoms with Crippen molar-refractivity contribution in [3.63, 3.8) is 0 Å². The lowest BCUT2D eigenvalue weighted by molar-refractivity contribution is 0.101. The number of hydrogen-bond donors (Lipinski definition) is 2. The molecule has 0 saturated heterocycles. The lowest BCUT2D eigenvalue weighted by Gasteiger charge is -2.16. The molecule has 7 nitrogen and oxygen atoms in total. The Morgan fingerprint density at radius 3 is 2.29 bits per heavy atom. The summed E-state index contributed by atoms with van der Waals surface area (Å²) in [6, 6.07) is 21.9. The van der Waals surface area contributed by atoms with Crippen LogP contribution in [0.25, 0.3) is 0 Å². The third kappa shape index (κ3) is 6.01. The van der Waals surface area contributed by atoms with Gasteiger partial charge in [-0.15, -0.1) is 0 Å². The van der Waals surface area contributed by atoms with Crippen LogP contribution in [-0.4, -0.2) is 26.7 Å². The molecule has 0 radical (unpaired) electrons. The Morgan fingerprint density at radius 1 is 0.868 bits per heavy atom. The lowest BCUT2D eigenvalue weighted by Crippen LogP contribution is -2.18. The maximum absolute atomic E-state index is 14.1. The average molecular weight is 553 g/mol. The summed E-state index contributed by atoms with van der Waals surface area (Å²) in [5.41, 5.74) is 0.251. The van der Waals surface area contributed by atoms with Crippen molar-refractivity contribution in [1.82, 2.24) is 0 Å². The standard InChI is InChI=1S/C28H22ClFN2O5S/c1-2-37-26-15-13-20(17-25(26)31-28(34)21-10-6-7-11-23(21)30)38(35,36)32-24-14-12-19(29)16-22(24)27(33)18-8-4-3-5-9-18/h3-17,32H,2H2,1H3,(H,31,34). The Balaban J connectivity index is 1.68. The van der Waals surface area contributed by atoms with Gasteiger partial charge in [0.05, 0.1) is 28.4 Å². The normalized spacial score (nSPS) is 11.0. The average Bonchev–Trinajstić information content (AvgIpc) is 2.91. The maximum Gasteiger partial charge on any atom is 0.261 e. The Labute approximate surface area is 224 Å². The summed E-state index contributed by atoms with van der Waals surface area (Å²) in [5.74, 6) is -1.73. The number of rotatable bonds is 9. The number of anilines is 2. The fourth-order valence-corrected chi connectivity index (χ4v) is 4.91. The molecule has 4 rings (SSSR count). The highest BCUT2D eigenvalue weighted by Crippen LogP contribution is 2.31. The van der Waals surface area contributed by atoms with Crippen LogP contribution in [0.5, 0.6) is 5.75 Å². The highest BCUT2D eigenvalue weighted by atomic mass is 35.5. The molecule has 4 aromatic carbocycles. The summed E-state index contributed by atoms with van der Waals surface area (Å²) >= 11 is 6.10. The molecule has 0 atom stereocenters. The third-order valence-electron chi connectivity index (χ3n) is 5.43. The number of hydrogen-bond acceptors (Lipinski definition) is 5.